The standard InChI is InChI=1S/C25H26N4O2S2/c1-17(30)29(21-10-4-5-11-22(21)31-2)25-26-19(16-32-25)15-28-13-7-8-18(14-28)24-27-20-9-3-6-12-23(20)33-24/h3-6,9-12,16,18H,7-8,13-15H2,1-2H3/t18-/m1/s1. The lowest BCUT2D eigenvalue weighted by atomic mass is 9.98. The fourth-order valence-corrected chi connectivity index (χ4v) is 6.35. The van der Waals surface area contributed by atoms with Gasteiger partial charge in [0, 0.05) is 31.3 Å². The SMILES string of the molecule is COc1ccccc1N(C(C)=O)c1nc(CN2CCC[C@@H](c3nc4ccccc4s3)C2)cs1. The maximum Gasteiger partial charge on any atom is 0.230 e. The normalized spacial score (nSPS) is 16.7. The van der Waals surface area contributed by atoms with Crippen molar-refractivity contribution in [1.29, 1.82) is 0 Å². The summed E-state index contributed by atoms with van der Waals surface area (Å²) in [6.07, 6.45) is 2.32. The molecule has 1 saturated heterocycles. The quantitative estimate of drug-likeness (QED) is 0.349. The zero-order valence-electron chi connectivity index (χ0n) is 18.7. The van der Waals surface area contributed by atoms with E-state index in [1.54, 1.807) is 18.9 Å². The van der Waals surface area contributed by atoms with Crippen LogP contribution in [0, 0.1) is 0 Å². The molecule has 2 aromatic heterocycles. The van der Waals surface area contributed by atoms with Crippen molar-refractivity contribution in [3.05, 3.63) is 64.6 Å². The minimum Gasteiger partial charge on any atom is -0.495 e. The van der Waals surface area contributed by atoms with Crippen LogP contribution in [0.5, 0.6) is 5.75 Å². The largest absolute Gasteiger partial charge is 0.495 e. The van der Waals surface area contributed by atoms with Gasteiger partial charge in [0.05, 0.1) is 33.7 Å². The second-order valence-corrected chi connectivity index (χ2v) is 10.1. The van der Waals surface area contributed by atoms with E-state index in [2.05, 4.69) is 28.5 Å². The Kier molecular flexibility index (Phi) is 6.39. The number of carbonyl (C=O) groups is 1. The number of hydrogen-bond donors (Lipinski definition) is 0. The van der Waals surface area contributed by atoms with E-state index in [0.29, 0.717) is 22.5 Å². The van der Waals surface area contributed by atoms with Gasteiger partial charge < -0.3 is 4.74 Å². The number of fused-ring (bicyclic) bond motifs is 1. The molecule has 1 fully saturated rings. The molecule has 0 aliphatic carbocycles. The highest BCUT2D eigenvalue weighted by atomic mass is 32.1. The molecule has 1 amide bonds. The third kappa shape index (κ3) is 4.64. The second kappa shape index (κ2) is 9.59. The number of methoxy groups -OCH3 is 1. The van der Waals surface area contributed by atoms with Gasteiger partial charge in [-0.2, -0.15) is 0 Å². The van der Waals surface area contributed by atoms with Crippen LogP contribution < -0.4 is 9.64 Å². The van der Waals surface area contributed by atoms with E-state index in [4.69, 9.17) is 14.7 Å². The Hall–Kier alpha value is -2.81. The van der Waals surface area contributed by atoms with E-state index >= 15 is 0 Å². The Morgan fingerprint density at radius 1 is 1.18 bits per heavy atom. The second-order valence-electron chi connectivity index (χ2n) is 8.24. The number of nitrogens with zero attached hydrogens (tertiary/aromatic N) is 4. The molecule has 3 heterocycles. The van der Waals surface area contributed by atoms with Gasteiger partial charge in [-0.15, -0.1) is 22.7 Å². The molecular weight excluding hydrogens is 452 g/mol. The molecule has 0 saturated carbocycles. The molecule has 0 bridgehead atoms. The van der Waals surface area contributed by atoms with E-state index in [1.165, 1.54) is 27.5 Å². The van der Waals surface area contributed by atoms with Gasteiger partial charge in [-0.25, -0.2) is 9.97 Å². The molecule has 0 spiro atoms. The van der Waals surface area contributed by atoms with E-state index < -0.39 is 0 Å². The number of thiazole rings is 2. The minimum absolute atomic E-state index is 0.0886. The monoisotopic (exact) mass is 478 g/mol. The molecule has 33 heavy (non-hydrogen) atoms. The van der Waals surface area contributed by atoms with Crippen molar-refractivity contribution < 1.29 is 9.53 Å². The van der Waals surface area contributed by atoms with Crippen LogP contribution in [0.15, 0.2) is 53.9 Å². The summed E-state index contributed by atoms with van der Waals surface area (Å²) >= 11 is 3.31. The lowest BCUT2D eigenvalue weighted by Gasteiger charge is -2.31. The number of hydrogen-bond acceptors (Lipinski definition) is 7. The number of anilines is 2. The van der Waals surface area contributed by atoms with Gasteiger partial charge in [0.15, 0.2) is 5.13 Å². The summed E-state index contributed by atoms with van der Waals surface area (Å²) < 4.78 is 6.73. The Labute approximate surface area is 201 Å². The maximum absolute atomic E-state index is 12.5. The van der Waals surface area contributed by atoms with Crippen molar-refractivity contribution in [3.63, 3.8) is 0 Å². The maximum atomic E-state index is 12.5. The summed E-state index contributed by atoms with van der Waals surface area (Å²) in [5.74, 6) is 1.02. The highest BCUT2D eigenvalue weighted by molar-refractivity contribution is 7.18. The molecule has 8 heteroatoms. The minimum atomic E-state index is -0.0886. The molecule has 1 aliphatic rings. The molecular formula is C25H26N4O2S2. The molecule has 0 N–H and O–H groups in total. The highest BCUT2D eigenvalue weighted by Gasteiger charge is 2.26. The van der Waals surface area contributed by atoms with Gasteiger partial charge in [-0.3, -0.25) is 14.6 Å². The van der Waals surface area contributed by atoms with E-state index in [1.807, 2.05) is 41.7 Å². The van der Waals surface area contributed by atoms with Crippen LogP contribution in [-0.2, 0) is 11.3 Å². The number of amides is 1. The molecule has 4 aromatic rings. The van der Waals surface area contributed by atoms with Gasteiger partial charge in [-0.1, -0.05) is 24.3 Å². The molecule has 5 rings (SSSR count). The van der Waals surface area contributed by atoms with Gasteiger partial charge in [-0.05, 0) is 43.7 Å². The molecule has 2 aromatic carbocycles. The molecule has 6 nitrogen and oxygen atoms in total. The summed E-state index contributed by atoms with van der Waals surface area (Å²) in [5.41, 5.74) is 2.79. The molecule has 170 valence electrons. The van der Waals surface area contributed by atoms with Gasteiger partial charge in [0.2, 0.25) is 5.91 Å². The first-order valence-corrected chi connectivity index (χ1v) is 12.8. The first kappa shape index (κ1) is 22.0. The number of para-hydroxylation sites is 3. The van der Waals surface area contributed by atoms with Crippen LogP contribution in [0.25, 0.3) is 10.2 Å². The number of likely N-dealkylation sites (tertiary alicyclic amines) is 1. The lowest BCUT2D eigenvalue weighted by Crippen LogP contribution is -2.34. The predicted octanol–water partition coefficient (Wildman–Crippen LogP) is 5.83. The smallest absolute Gasteiger partial charge is 0.230 e. The Morgan fingerprint density at radius 3 is 2.82 bits per heavy atom. The summed E-state index contributed by atoms with van der Waals surface area (Å²) in [7, 11) is 1.61. The van der Waals surface area contributed by atoms with Crippen LogP contribution in [-0.4, -0.2) is 41.0 Å². The van der Waals surface area contributed by atoms with Crippen LogP contribution in [0.4, 0.5) is 10.8 Å². The number of carbonyl (C=O) groups excluding carboxylic acids is 1. The average molecular weight is 479 g/mol. The van der Waals surface area contributed by atoms with Gasteiger partial charge >= 0.3 is 0 Å². The Morgan fingerprint density at radius 2 is 2.00 bits per heavy atom. The van der Waals surface area contributed by atoms with Crippen LogP contribution in [0.2, 0.25) is 0 Å². The third-order valence-corrected chi connectivity index (χ3v) is 8.00. The summed E-state index contributed by atoms with van der Waals surface area (Å²) in [6.45, 7) is 4.36. The zero-order chi connectivity index (χ0) is 22.8. The first-order chi connectivity index (χ1) is 16.1. The van der Waals surface area contributed by atoms with Gasteiger partial charge in [0.25, 0.3) is 0 Å². The number of piperidine rings is 1. The first-order valence-electron chi connectivity index (χ1n) is 11.1. The third-order valence-electron chi connectivity index (χ3n) is 5.92. The van der Waals surface area contributed by atoms with Crippen molar-refractivity contribution in [2.24, 2.45) is 0 Å². The van der Waals surface area contributed by atoms with E-state index in [-0.39, 0.29) is 5.91 Å². The number of benzene rings is 2. The van der Waals surface area contributed by atoms with Crippen molar-refractivity contribution in [1.82, 2.24) is 14.9 Å². The van der Waals surface area contributed by atoms with Crippen molar-refractivity contribution >= 4 is 49.6 Å². The zero-order valence-corrected chi connectivity index (χ0v) is 20.4. The molecule has 1 atom stereocenters. The average Bonchev–Trinajstić information content (AvgIpc) is 3.47. The lowest BCUT2D eigenvalue weighted by molar-refractivity contribution is -0.115. The number of aromatic nitrogens is 2. The van der Waals surface area contributed by atoms with Crippen molar-refractivity contribution in [3.8, 4) is 5.75 Å². The summed E-state index contributed by atoms with van der Waals surface area (Å²) in [6, 6.07) is 15.9. The fraction of sp³-hybridized carbons (Fsp3) is 0.320. The molecule has 1 aliphatic heterocycles. The highest BCUT2D eigenvalue weighted by Crippen LogP contribution is 2.36. The Balaban J connectivity index is 1.32. The van der Waals surface area contributed by atoms with Crippen molar-refractivity contribution in [2.75, 3.05) is 25.1 Å². The predicted molar refractivity (Wildman–Crippen MR) is 135 cm³/mol. The van der Waals surface area contributed by atoms with E-state index in [0.717, 1.165) is 37.3 Å². The summed E-state index contributed by atoms with van der Waals surface area (Å²) in [5, 5.41) is 3.96. The van der Waals surface area contributed by atoms with Crippen LogP contribution in [0.1, 0.15) is 36.4 Å². The van der Waals surface area contributed by atoms with E-state index in [9.17, 15) is 4.79 Å². The van der Waals surface area contributed by atoms with Crippen molar-refractivity contribution in [2.45, 2.75) is 32.2 Å². The topological polar surface area (TPSA) is 58.6 Å². The van der Waals surface area contributed by atoms with Crippen LogP contribution >= 0.6 is 22.7 Å². The number of rotatable bonds is 6. The van der Waals surface area contributed by atoms with Crippen LogP contribution in [0.3, 0.4) is 0 Å². The number of ether oxygens (including phenoxy) is 1. The molecule has 0 unspecified atom stereocenters. The molecule has 0 radical (unpaired) electrons. The van der Waals surface area contributed by atoms with Gasteiger partial charge in [0.1, 0.15) is 5.75 Å². The Bertz CT molecular complexity index is 1240. The summed E-state index contributed by atoms with van der Waals surface area (Å²) in [4.78, 5) is 26.3. The fourth-order valence-electron chi connectivity index (χ4n) is 4.39.